The maximum Gasteiger partial charge on any atom is 0.221 e. The van der Waals surface area contributed by atoms with Gasteiger partial charge in [-0.15, -0.1) is 11.6 Å². The Morgan fingerprint density at radius 1 is 1.40 bits per heavy atom. The van der Waals surface area contributed by atoms with Gasteiger partial charge in [-0.05, 0) is 12.1 Å². The summed E-state index contributed by atoms with van der Waals surface area (Å²) in [6, 6.07) is 3.17. The number of amides is 1. The summed E-state index contributed by atoms with van der Waals surface area (Å²) in [6.45, 7) is 2.81. The summed E-state index contributed by atoms with van der Waals surface area (Å²) in [5, 5.41) is 2.58. The smallest absolute Gasteiger partial charge is 0.221 e. The minimum Gasteiger partial charge on any atom is -0.326 e. The molecule has 1 rings (SSSR count). The molecule has 80 valence electrons. The molecule has 0 radical (unpaired) electrons. The number of pyridine rings is 1. The Bertz CT molecular complexity index is 404. The van der Waals surface area contributed by atoms with Crippen molar-refractivity contribution in [3.63, 3.8) is 0 Å². The molecule has 5 heteroatoms. The summed E-state index contributed by atoms with van der Waals surface area (Å²) in [5.74, 6) is -0.155. The number of aromatic nitrogens is 1. The zero-order valence-corrected chi connectivity index (χ0v) is 9.26. The Morgan fingerprint density at radius 2 is 2.07 bits per heavy atom. The Balaban J connectivity index is 3.11. The van der Waals surface area contributed by atoms with Crippen LogP contribution in [0.2, 0.25) is 0 Å². The lowest BCUT2D eigenvalue weighted by Crippen LogP contribution is -2.08. The van der Waals surface area contributed by atoms with Gasteiger partial charge in [-0.25, -0.2) is 4.98 Å². The third-order valence-electron chi connectivity index (χ3n) is 1.70. The van der Waals surface area contributed by atoms with E-state index in [-0.39, 0.29) is 17.6 Å². The highest BCUT2D eigenvalue weighted by atomic mass is 35.5. The van der Waals surface area contributed by atoms with Crippen molar-refractivity contribution in [2.24, 2.45) is 0 Å². The monoisotopic (exact) mass is 226 g/mol. The number of alkyl halides is 1. The highest BCUT2D eigenvalue weighted by Gasteiger charge is 2.06. The number of hydrogen-bond acceptors (Lipinski definition) is 3. The van der Waals surface area contributed by atoms with Crippen LogP contribution in [0.4, 0.5) is 5.69 Å². The van der Waals surface area contributed by atoms with E-state index in [1.165, 1.54) is 19.9 Å². The van der Waals surface area contributed by atoms with Gasteiger partial charge < -0.3 is 5.32 Å². The van der Waals surface area contributed by atoms with Crippen LogP contribution >= 0.6 is 11.6 Å². The number of anilines is 1. The van der Waals surface area contributed by atoms with Gasteiger partial charge in [-0.2, -0.15) is 0 Å². The number of carbonyl (C=O) groups excluding carboxylic acids is 2. The molecule has 4 nitrogen and oxygen atoms in total. The second kappa shape index (κ2) is 4.89. The highest BCUT2D eigenvalue weighted by Crippen LogP contribution is 2.13. The molecule has 0 aliphatic carbocycles. The molecule has 1 aromatic heterocycles. The van der Waals surface area contributed by atoms with Gasteiger partial charge >= 0.3 is 0 Å². The molecule has 0 bridgehead atoms. The van der Waals surface area contributed by atoms with Crippen LogP contribution < -0.4 is 5.32 Å². The van der Waals surface area contributed by atoms with E-state index in [4.69, 9.17) is 11.6 Å². The molecule has 0 aromatic carbocycles. The van der Waals surface area contributed by atoms with E-state index in [1.54, 1.807) is 6.07 Å². The third kappa shape index (κ3) is 3.32. The fraction of sp³-hybridized carbons (Fsp3) is 0.300. The number of Topliss-reactive ketones (excluding diaryl/α,β-unsaturated/α-hetero) is 1. The van der Waals surface area contributed by atoms with Crippen molar-refractivity contribution >= 4 is 29.0 Å². The first-order valence-electron chi connectivity index (χ1n) is 4.38. The average molecular weight is 227 g/mol. The number of nitrogens with one attached hydrogen (secondary N) is 1. The summed E-state index contributed by atoms with van der Waals surface area (Å²) in [6.07, 6.45) is 0. The zero-order chi connectivity index (χ0) is 11.4. The van der Waals surface area contributed by atoms with Crippen LogP contribution in [0.1, 0.15) is 30.0 Å². The predicted octanol–water partition coefficient (Wildman–Crippen LogP) is 1.98. The van der Waals surface area contributed by atoms with Gasteiger partial charge in [0.1, 0.15) is 5.69 Å². The second-order valence-electron chi connectivity index (χ2n) is 3.10. The molecule has 0 aliphatic rings. The molecule has 0 fully saturated rings. The molecule has 1 aromatic rings. The van der Waals surface area contributed by atoms with Crippen molar-refractivity contribution < 1.29 is 9.59 Å². The maximum absolute atomic E-state index is 11.1. The molecule has 0 atom stereocenters. The SMILES string of the molecule is CC(=O)Nc1cc(CCl)nc(C(C)=O)c1. The lowest BCUT2D eigenvalue weighted by molar-refractivity contribution is -0.114. The van der Waals surface area contributed by atoms with Crippen LogP contribution in [0, 0.1) is 0 Å². The van der Waals surface area contributed by atoms with Crippen molar-refractivity contribution in [3.8, 4) is 0 Å². The minimum absolute atomic E-state index is 0.159. The molecule has 0 saturated carbocycles. The van der Waals surface area contributed by atoms with Crippen molar-refractivity contribution in [3.05, 3.63) is 23.5 Å². The minimum atomic E-state index is -0.198. The molecule has 0 saturated heterocycles. The van der Waals surface area contributed by atoms with Crippen LogP contribution in [0.25, 0.3) is 0 Å². The molecule has 1 N–H and O–H groups in total. The first-order valence-corrected chi connectivity index (χ1v) is 4.92. The molecular weight excluding hydrogens is 216 g/mol. The summed E-state index contributed by atoms with van der Waals surface area (Å²) < 4.78 is 0. The van der Waals surface area contributed by atoms with Crippen molar-refractivity contribution in [2.45, 2.75) is 19.7 Å². The quantitative estimate of drug-likeness (QED) is 0.633. The van der Waals surface area contributed by atoms with E-state index < -0.39 is 0 Å². The Kier molecular flexibility index (Phi) is 3.80. The van der Waals surface area contributed by atoms with E-state index in [0.717, 1.165) is 0 Å². The first-order chi connectivity index (χ1) is 7.02. The van der Waals surface area contributed by atoms with E-state index in [0.29, 0.717) is 17.1 Å². The van der Waals surface area contributed by atoms with E-state index in [1.807, 2.05) is 0 Å². The molecule has 1 heterocycles. The van der Waals surface area contributed by atoms with Crippen molar-refractivity contribution in [1.29, 1.82) is 0 Å². The van der Waals surface area contributed by atoms with Gasteiger partial charge in [-0.1, -0.05) is 0 Å². The summed E-state index contributed by atoms with van der Waals surface area (Å²) in [7, 11) is 0. The standard InChI is InChI=1S/C10H11ClN2O2/c1-6(14)10-4-8(12-7(2)15)3-9(5-11)13-10/h3-4H,5H2,1-2H3,(H,12,13,15). The van der Waals surface area contributed by atoms with E-state index in [9.17, 15) is 9.59 Å². The fourth-order valence-corrected chi connectivity index (χ4v) is 1.25. The van der Waals surface area contributed by atoms with Gasteiger partial charge in [0.05, 0.1) is 11.6 Å². The normalized spacial score (nSPS) is 9.80. The van der Waals surface area contributed by atoms with E-state index in [2.05, 4.69) is 10.3 Å². The molecule has 15 heavy (non-hydrogen) atoms. The molecule has 0 spiro atoms. The van der Waals surface area contributed by atoms with Gasteiger partial charge in [0, 0.05) is 19.5 Å². The van der Waals surface area contributed by atoms with Crippen LogP contribution in [0.15, 0.2) is 12.1 Å². The lowest BCUT2D eigenvalue weighted by Gasteiger charge is -2.05. The van der Waals surface area contributed by atoms with Gasteiger partial charge in [0.2, 0.25) is 5.91 Å². The predicted molar refractivity (Wildman–Crippen MR) is 58.1 cm³/mol. The third-order valence-corrected chi connectivity index (χ3v) is 1.97. The number of carbonyl (C=O) groups is 2. The Labute approximate surface area is 92.7 Å². The summed E-state index contributed by atoms with van der Waals surface area (Å²) >= 11 is 5.63. The molecular formula is C10H11ClN2O2. The number of nitrogens with zero attached hydrogens (tertiary/aromatic N) is 1. The van der Waals surface area contributed by atoms with Crippen LogP contribution in [0.5, 0.6) is 0 Å². The maximum atomic E-state index is 11.1. The highest BCUT2D eigenvalue weighted by molar-refractivity contribution is 6.17. The fourth-order valence-electron chi connectivity index (χ4n) is 1.11. The number of hydrogen-bond donors (Lipinski definition) is 1. The number of rotatable bonds is 3. The average Bonchev–Trinajstić information content (AvgIpc) is 2.16. The number of ketones is 1. The topological polar surface area (TPSA) is 59.1 Å². The van der Waals surface area contributed by atoms with Crippen LogP contribution in [-0.4, -0.2) is 16.7 Å². The summed E-state index contributed by atoms with van der Waals surface area (Å²) in [5.41, 5.74) is 1.41. The Hall–Kier alpha value is -1.42. The first kappa shape index (κ1) is 11.7. The largest absolute Gasteiger partial charge is 0.326 e. The Morgan fingerprint density at radius 3 is 2.53 bits per heavy atom. The van der Waals surface area contributed by atoms with Crippen molar-refractivity contribution in [1.82, 2.24) is 4.98 Å². The van der Waals surface area contributed by atoms with Crippen LogP contribution in [0.3, 0.4) is 0 Å². The second-order valence-corrected chi connectivity index (χ2v) is 3.37. The zero-order valence-electron chi connectivity index (χ0n) is 8.50. The molecule has 0 aliphatic heterocycles. The van der Waals surface area contributed by atoms with Gasteiger partial charge in [0.15, 0.2) is 5.78 Å². The van der Waals surface area contributed by atoms with Gasteiger partial charge in [-0.3, -0.25) is 9.59 Å². The lowest BCUT2D eigenvalue weighted by atomic mass is 10.2. The molecule has 0 unspecified atom stereocenters. The molecule has 1 amide bonds. The number of halogens is 1. The van der Waals surface area contributed by atoms with Crippen molar-refractivity contribution in [2.75, 3.05) is 5.32 Å². The van der Waals surface area contributed by atoms with Gasteiger partial charge in [0.25, 0.3) is 0 Å². The summed E-state index contributed by atoms with van der Waals surface area (Å²) in [4.78, 5) is 26.0. The van der Waals surface area contributed by atoms with Crippen LogP contribution in [-0.2, 0) is 10.7 Å². The van der Waals surface area contributed by atoms with E-state index >= 15 is 0 Å².